The molecule has 1 N–H and O–H groups in total. The van der Waals surface area contributed by atoms with E-state index in [9.17, 15) is 5.11 Å². The van der Waals surface area contributed by atoms with E-state index in [0.717, 1.165) is 36.5 Å². The quantitative estimate of drug-likeness (QED) is 0.783. The fourth-order valence-corrected chi connectivity index (χ4v) is 2.14. The van der Waals surface area contributed by atoms with Crippen molar-refractivity contribution >= 4 is 22.1 Å². The van der Waals surface area contributed by atoms with Crippen LogP contribution in [0.1, 0.15) is 25.7 Å². The minimum absolute atomic E-state index is 0.141. The molecule has 0 amide bonds. The molecule has 0 spiro atoms. The number of azo groups is 2. The first-order valence-corrected chi connectivity index (χ1v) is 7.37. The van der Waals surface area contributed by atoms with Crippen LogP contribution in [0.25, 0.3) is 10.8 Å². The van der Waals surface area contributed by atoms with Gasteiger partial charge in [0.1, 0.15) is 5.69 Å². The molecule has 2 aliphatic carbocycles. The molecular weight excluding hydrogens is 264 g/mol. The van der Waals surface area contributed by atoms with Gasteiger partial charge in [-0.15, -0.1) is 5.11 Å². The van der Waals surface area contributed by atoms with Gasteiger partial charge in [0.15, 0.2) is 11.4 Å². The van der Waals surface area contributed by atoms with Crippen molar-refractivity contribution in [3.8, 4) is 5.75 Å². The average Bonchev–Trinajstić information content (AvgIpc) is 3.37. The maximum Gasteiger partial charge on any atom is 0.155 e. The zero-order chi connectivity index (χ0) is 14.2. The average molecular weight is 280 g/mol. The van der Waals surface area contributed by atoms with E-state index in [1.165, 1.54) is 0 Å². The summed E-state index contributed by atoms with van der Waals surface area (Å²) < 4.78 is 0. The summed E-state index contributed by atoms with van der Waals surface area (Å²) in [5.74, 6) is 0.141. The first kappa shape index (κ1) is 12.4. The van der Waals surface area contributed by atoms with Crippen LogP contribution >= 0.6 is 0 Å². The first-order valence-electron chi connectivity index (χ1n) is 7.37. The summed E-state index contributed by atoms with van der Waals surface area (Å²) in [6, 6.07) is 10.2. The van der Waals surface area contributed by atoms with Gasteiger partial charge in [-0.05, 0) is 37.1 Å². The molecule has 0 heterocycles. The molecule has 4 rings (SSSR count). The molecule has 5 nitrogen and oxygen atoms in total. The Labute approximate surface area is 122 Å². The van der Waals surface area contributed by atoms with Crippen LogP contribution in [0.4, 0.5) is 11.4 Å². The minimum Gasteiger partial charge on any atom is -0.505 e. The van der Waals surface area contributed by atoms with Gasteiger partial charge in [-0.3, -0.25) is 0 Å². The molecule has 0 aromatic heterocycles. The highest BCUT2D eigenvalue weighted by molar-refractivity contribution is 5.97. The molecule has 2 aliphatic rings. The van der Waals surface area contributed by atoms with Crippen LogP contribution < -0.4 is 0 Å². The summed E-state index contributed by atoms with van der Waals surface area (Å²) in [6.07, 6.45) is 4.36. The normalized spacial score (nSPS) is 19.0. The van der Waals surface area contributed by atoms with Gasteiger partial charge in [-0.1, -0.05) is 24.3 Å². The largest absolute Gasteiger partial charge is 0.505 e. The summed E-state index contributed by atoms with van der Waals surface area (Å²) in [5.41, 5.74) is 1.03. The monoisotopic (exact) mass is 280 g/mol. The molecule has 2 aromatic carbocycles. The number of phenols is 1. The molecule has 2 saturated carbocycles. The van der Waals surface area contributed by atoms with Crippen LogP contribution in [-0.4, -0.2) is 17.2 Å². The molecule has 0 bridgehead atoms. The van der Waals surface area contributed by atoms with Gasteiger partial charge < -0.3 is 5.11 Å². The van der Waals surface area contributed by atoms with Crippen molar-refractivity contribution in [3.63, 3.8) is 0 Å². The Morgan fingerprint density at radius 3 is 2.29 bits per heavy atom. The number of aromatic hydroxyl groups is 1. The molecule has 5 heteroatoms. The smallest absolute Gasteiger partial charge is 0.155 e. The van der Waals surface area contributed by atoms with Gasteiger partial charge in [-0.25, -0.2) is 0 Å². The molecule has 2 fully saturated rings. The van der Waals surface area contributed by atoms with Gasteiger partial charge >= 0.3 is 0 Å². The van der Waals surface area contributed by atoms with E-state index in [0.29, 0.717) is 23.5 Å². The highest BCUT2D eigenvalue weighted by Crippen LogP contribution is 2.44. The van der Waals surface area contributed by atoms with Crippen molar-refractivity contribution in [1.29, 1.82) is 0 Å². The molecule has 106 valence electrons. The number of nitrogens with zero attached hydrogens (tertiary/aromatic N) is 4. The molecule has 0 radical (unpaired) electrons. The lowest BCUT2D eigenvalue weighted by Crippen LogP contribution is -1.79. The molecule has 0 unspecified atom stereocenters. The second-order valence-electron chi connectivity index (χ2n) is 5.71. The Bertz CT molecular complexity index is 745. The highest BCUT2D eigenvalue weighted by atomic mass is 16.3. The Balaban J connectivity index is 1.83. The molecule has 0 aliphatic heterocycles. The topological polar surface area (TPSA) is 69.7 Å². The minimum atomic E-state index is 0.141. The van der Waals surface area contributed by atoms with Crippen LogP contribution in [0, 0.1) is 0 Å². The second kappa shape index (κ2) is 4.91. The van der Waals surface area contributed by atoms with Gasteiger partial charge in [0.25, 0.3) is 0 Å². The molecular formula is C16H16N4O. The number of hydrogen-bond donors (Lipinski definition) is 1. The van der Waals surface area contributed by atoms with Gasteiger partial charge in [-0.2, -0.15) is 15.3 Å². The Hall–Kier alpha value is -2.30. The van der Waals surface area contributed by atoms with Gasteiger partial charge in [0, 0.05) is 5.39 Å². The highest BCUT2D eigenvalue weighted by Gasteiger charge is 2.22. The number of hydrogen-bond acceptors (Lipinski definition) is 5. The summed E-state index contributed by atoms with van der Waals surface area (Å²) in [6.45, 7) is 0. The maximum atomic E-state index is 10.5. The second-order valence-corrected chi connectivity index (χ2v) is 5.71. The molecule has 2 aromatic rings. The lowest BCUT2D eigenvalue weighted by Gasteiger charge is -2.06. The third-order valence-electron chi connectivity index (χ3n) is 3.72. The van der Waals surface area contributed by atoms with E-state index in [-0.39, 0.29) is 5.75 Å². The fraction of sp³-hybridized carbons (Fsp3) is 0.375. The van der Waals surface area contributed by atoms with Crippen molar-refractivity contribution in [2.24, 2.45) is 20.5 Å². The maximum absolute atomic E-state index is 10.5. The predicted octanol–water partition coefficient (Wildman–Crippen LogP) is 5.04. The summed E-state index contributed by atoms with van der Waals surface area (Å²) in [4.78, 5) is 0. The summed E-state index contributed by atoms with van der Waals surface area (Å²) in [7, 11) is 0. The first-order chi connectivity index (χ1) is 10.3. The van der Waals surface area contributed by atoms with Crippen molar-refractivity contribution in [3.05, 3.63) is 30.3 Å². The number of fused-ring (bicyclic) bond motifs is 1. The van der Waals surface area contributed by atoms with Crippen molar-refractivity contribution < 1.29 is 5.11 Å². The zero-order valence-corrected chi connectivity index (χ0v) is 11.6. The van der Waals surface area contributed by atoms with Gasteiger partial charge in [0.2, 0.25) is 0 Å². The number of phenolic OH excluding ortho intramolecular Hbond substituents is 1. The van der Waals surface area contributed by atoms with Crippen molar-refractivity contribution in [1.82, 2.24) is 0 Å². The number of benzene rings is 2. The fourth-order valence-electron chi connectivity index (χ4n) is 2.14. The lowest BCUT2D eigenvalue weighted by molar-refractivity contribution is 0.482. The van der Waals surface area contributed by atoms with E-state index in [2.05, 4.69) is 20.5 Å². The molecule has 0 saturated heterocycles. The Kier molecular flexibility index (Phi) is 2.91. The summed E-state index contributed by atoms with van der Waals surface area (Å²) in [5, 5.41) is 29.2. The van der Waals surface area contributed by atoms with E-state index >= 15 is 0 Å². The van der Waals surface area contributed by atoms with Crippen LogP contribution in [0.15, 0.2) is 50.8 Å². The van der Waals surface area contributed by atoms with Crippen LogP contribution in [-0.2, 0) is 0 Å². The van der Waals surface area contributed by atoms with E-state index < -0.39 is 0 Å². The summed E-state index contributed by atoms with van der Waals surface area (Å²) >= 11 is 0. The van der Waals surface area contributed by atoms with Crippen molar-refractivity contribution in [2.75, 3.05) is 0 Å². The lowest BCUT2D eigenvalue weighted by atomic mass is 10.1. The predicted molar refractivity (Wildman–Crippen MR) is 80.7 cm³/mol. The number of rotatable bonds is 4. The zero-order valence-electron chi connectivity index (χ0n) is 11.6. The molecule has 0 atom stereocenters. The Morgan fingerprint density at radius 1 is 0.905 bits per heavy atom. The third kappa shape index (κ3) is 2.63. The third-order valence-corrected chi connectivity index (χ3v) is 3.72. The van der Waals surface area contributed by atoms with Crippen LogP contribution in [0.3, 0.4) is 0 Å². The van der Waals surface area contributed by atoms with E-state index in [1.807, 2.05) is 30.3 Å². The Morgan fingerprint density at radius 2 is 1.57 bits per heavy atom. The van der Waals surface area contributed by atoms with E-state index in [1.54, 1.807) is 0 Å². The van der Waals surface area contributed by atoms with E-state index in [4.69, 9.17) is 0 Å². The SMILES string of the molecule is Oc1c(N=NC2CC2)c(N=NC2CC2)cc2ccccc12. The standard InChI is InChI=1S/C16H16N4O/c21-16-13-4-2-1-3-10(13)9-14(19-17-11-5-6-11)15(16)20-18-12-7-8-12/h1-4,9,11-12,21H,5-8H2. The van der Waals surface area contributed by atoms with Gasteiger partial charge in [0.05, 0.1) is 12.1 Å². The van der Waals surface area contributed by atoms with Crippen LogP contribution in [0.5, 0.6) is 5.75 Å². The molecule has 21 heavy (non-hydrogen) atoms. The van der Waals surface area contributed by atoms with Crippen LogP contribution in [0.2, 0.25) is 0 Å². The van der Waals surface area contributed by atoms with Crippen molar-refractivity contribution in [2.45, 2.75) is 37.8 Å².